The zero-order valence-electron chi connectivity index (χ0n) is 18.8. The molecular formula is C24H25ClFN3O3S2. The van der Waals surface area contributed by atoms with Gasteiger partial charge in [-0.25, -0.2) is 17.5 Å². The minimum atomic E-state index is -3.75. The van der Waals surface area contributed by atoms with Gasteiger partial charge in [0.15, 0.2) is 0 Å². The molecule has 0 aliphatic carbocycles. The number of amides is 1. The fourth-order valence-electron chi connectivity index (χ4n) is 4.06. The quantitative estimate of drug-likeness (QED) is 0.470. The molecule has 1 saturated heterocycles. The monoisotopic (exact) mass is 521 g/mol. The molecule has 0 saturated carbocycles. The summed E-state index contributed by atoms with van der Waals surface area (Å²) in [5, 5.41) is 0. The van der Waals surface area contributed by atoms with Crippen molar-refractivity contribution in [2.24, 2.45) is 5.92 Å². The molecule has 1 aliphatic heterocycles. The van der Waals surface area contributed by atoms with Crippen molar-refractivity contribution in [1.29, 1.82) is 0 Å². The Morgan fingerprint density at radius 2 is 1.94 bits per heavy atom. The highest BCUT2D eigenvalue weighted by Gasteiger charge is 2.35. The van der Waals surface area contributed by atoms with Gasteiger partial charge in [0.05, 0.1) is 15.9 Å². The maximum Gasteiger partial charge on any atom is 0.250 e. The number of rotatable bonds is 8. The number of hydrogen-bond donors (Lipinski definition) is 1. The highest BCUT2D eigenvalue weighted by molar-refractivity contribution is 7.91. The molecule has 1 unspecified atom stereocenters. The van der Waals surface area contributed by atoms with Gasteiger partial charge < -0.3 is 9.80 Å². The molecule has 180 valence electrons. The molecule has 4 rings (SSSR count). The predicted molar refractivity (Wildman–Crippen MR) is 134 cm³/mol. The number of nitrogens with one attached hydrogen (secondary N) is 1. The van der Waals surface area contributed by atoms with Crippen LogP contribution in [-0.2, 0) is 21.4 Å². The van der Waals surface area contributed by atoms with Crippen LogP contribution in [0, 0.1) is 11.7 Å². The smallest absolute Gasteiger partial charge is 0.250 e. The average molecular weight is 522 g/mol. The Kier molecular flexibility index (Phi) is 7.39. The second kappa shape index (κ2) is 10.1. The minimum absolute atomic E-state index is 0.0508. The minimum Gasteiger partial charge on any atom is -0.309 e. The first-order valence-corrected chi connectivity index (χ1v) is 13.4. The molecule has 0 radical (unpaired) electrons. The fraction of sp³-hybridized carbons (Fsp3) is 0.292. The molecule has 1 aliphatic rings. The van der Waals surface area contributed by atoms with Crippen LogP contribution < -0.4 is 9.62 Å². The van der Waals surface area contributed by atoms with Crippen LogP contribution in [0.3, 0.4) is 0 Å². The summed E-state index contributed by atoms with van der Waals surface area (Å²) < 4.78 is 43.0. The lowest BCUT2D eigenvalue weighted by molar-refractivity contribution is -0.120. The Morgan fingerprint density at radius 3 is 2.62 bits per heavy atom. The van der Waals surface area contributed by atoms with Crippen LogP contribution in [0.5, 0.6) is 0 Å². The topological polar surface area (TPSA) is 69.7 Å². The number of halogens is 2. The third-order valence-electron chi connectivity index (χ3n) is 5.70. The lowest BCUT2D eigenvalue weighted by Gasteiger charge is -2.19. The van der Waals surface area contributed by atoms with E-state index in [1.54, 1.807) is 6.07 Å². The summed E-state index contributed by atoms with van der Waals surface area (Å²) in [7, 11) is 0.202. The fourth-order valence-corrected chi connectivity index (χ4v) is 6.67. The van der Waals surface area contributed by atoms with Gasteiger partial charge in [-0.15, -0.1) is 11.3 Å². The third-order valence-corrected chi connectivity index (χ3v) is 8.85. The largest absolute Gasteiger partial charge is 0.309 e. The third kappa shape index (κ3) is 5.34. The molecule has 0 bridgehead atoms. The van der Waals surface area contributed by atoms with Gasteiger partial charge in [0.1, 0.15) is 10.0 Å². The number of sulfonamides is 1. The molecule has 1 fully saturated rings. The van der Waals surface area contributed by atoms with E-state index in [0.29, 0.717) is 17.3 Å². The van der Waals surface area contributed by atoms with Crippen molar-refractivity contribution in [3.05, 3.63) is 70.3 Å². The number of carbonyl (C=O) groups is 1. The van der Waals surface area contributed by atoms with Crippen LogP contribution in [0.15, 0.2) is 58.8 Å². The van der Waals surface area contributed by atoms with E-state index in [0.717, 1.165) is 34.6 Å². The molecule has 1 atom stereocenters. The van der Waals surface area contributed by atoms with E-state index in [1.807, 2.05) is 49.3 Å². The molecule has 2 aromatic carbocycles. The molecule has 1 N–H and O–H groups in total. The van der Waals surface area contributed by atoms with Crippen molar-refractivity contribution in [2.75, 3.05) is 32.1 Å². The van der Waals surface area contributed by atoms with E-state index in [1.165, 1.54) is 23.1 Å². The number of thiophene rings is 1. The maximum atomic E-state index is 15.2. The Bertz CT molecular complexity index is 1310. The van der Waals surface area contributed by atoms with Crippen molar-refractivity contribution >= 4 is 44.6 Å². The Hall–Kier alpha value is -2.30. The van der Waals surface area contributed by atoms with Crippen molar-refractivity contribution < 1.29 is 17.6 Å². The summed E-state index contributed by atoms with van der Waals surface area (Å²) in [4.78, 5) is 16.4. The van der Waals surface area contributed by atoms with Crippen LogP contribution in [0.25, 0.3) is 11.1 Å². The molecular weight excluding hydrogens is 497 g/mol. The van der Waals surface area contributed by atoms with Crippen molar-refractivity contribution in [3.8, 4) is 11.1 Å². The van der Waals surface area contributed by atoms with Gasteiger partial charge >= 0.3 is 0 Å². The van der Waals surface area contributed by atoms with Gasteiger partial charge in [-0.2, -0.15) is 0 Å². The zero-order chi connectivity index (χ0) is 24.5. The van der Waals surface area contributed by atoms with Crippen molar-refractivity contribution in [1.82, 2.24) is 9.62 Å². The van der Waals surface area contributed by atoms with Gasteiger partial charge in [-0.1, -0.05) is 41.9 Å². The van der Waals surface area contributed by atoms with Gasteiger partial charge in [-0.3, -0.25) is 4.79 Å². The second-order valence-corrected chi connectivity index (χ2v) is 12.2. The van der Waals surface area contributed by atoms with Gasteiger partial charge in [-0.05, 0) is 61.5 Å². The normalized spacial score (nSPS) is 16.6. The second-order valence-electron chi connectivity index (χ2n) is 8.45. The van der Waals surface area contributed by atoms with E-state index in [-0.39, 0.29) is 22.3 Å². The Labute approximate surface area is 208 Å². The molecule has 1 amide bonds. The Morgan fingerprint density at radius 1 is 1.18 bits per heavy atom. The molecule has 0 spiro atoms. The molecule has 6 nitrogen and oxygen atoms in total. The first-order chi connectivity index (χ1) is 16.2. The van der Waals surface area contributed by atoms with E-state index in [2.05, 4.69) is 4.72 Å². The summed E-state index contributed by atoms with van der Waals surface area (Å²) >= 11 is 6.78. The summed E-state index contributed by atoms with van der Waals surface area (Å²) in [6, 6.07) is 15.7. The lowest BCUT2D eigenvalue weighted by Crippen LogP contribution is -2.34. The number of carbonyl (C=O) groups excluding carboxylic acids is 1. The van der Waals surface area contributed by atoms with E-state index in [4.69, 9.17) is 11.6 Å². The first kappa shape index (κ1) is 24.8. The first-order valence-electron chi connectivity index (χ1n) is 10.7. The van der Waals surface area contributed by atoms with Gasteiger partial charge in [0.25, 0.3) is 0 Å². The molecule has 2 heterocycles. The molecule has 34 heavy (non-hydrogen) atoms. The van der Waals surface area contributed by atoms with Gasteiger partial charge in [0.2, 0.25) is 15.9 Å². The molecule has 10 heteroatoms. The van der Waals surface area contributed by atoms with E-state index in [9.17, 15) is 13.2 Å². The number of benzene rings is 2. The van der Waals surface area contributed by atoms with E-state index < -0.39 is 21.8 Å². The lowest BCUT2D eigenvalue weighted by atomic mass is 9.99. The molecule has 1 aromatic heterocycles. The molecule has 3 aromatic rings. The van der Waals surface area contributed by atoms with Crippen LogP contribution in [-0.4, -0.2) is 46.4 Å². The predicted octanol–water partition coefficient (Wildman–Crippen LogP) is 4.60. The Balaban J connectivity index is 1.48. The van der Waals surface area contributed by atoms with Crippen LogP contribution in [0.4, 0.5) is 10.1 Å². The van der Waals surface area contributed by atoms with E-state index >= 15 is 4.39 Å². The summed E-state index contributed by atoms with van der Waals surface area (Å²) in [5.74, 6) is -1.35. The summed E-state index contributed by atoms with van der Waals surface area (Å²) in [6.45, 7) is 0.994. The number of hydrogen-bond acceptors (Lipinski definition) is 5. The summed E-state index contributed by atoms with van der Waals surface area (Å²) in [5.41, 5.74) is 2.96. The van der Waals surface area contributed by atoms with Crippen LogP contribution in [0.1, 0.15) is 12.0 Å². The number of nitrogens with zero attached hydrogens (tertiary/aromatic N) is 2. The summed E-state index contributed by atoms with van der Waals surface area (Å²) in [6.07, 6.45) is 0.430. The van der Waals surface area contributed by atoms with Crippen molar-refractivity contribution in [3.63, 3.8) is 0 Å². The average Bonchev–Trinajstić information content (AvgIpc) is 3.38. The maximum absolute atomic E-state index is 15.2. The standard InChI is InChI=1S/C24H25ClFN3O3S2/c1-28(2)15-18-5-3-4-6-19(18)16-7-8-21(20(26)13-16)29-12-11-17(24(29)30)14-27-34(31,32)23-10-9-22(25)33-23/h3-10,13,17,27H,11-12,14-15H2,1-2H3. The van der Waals surface area contributed by atoms with Crippen LogP contribution >= 0.6 is 22.9 Å². The van der Waals surface area contributed by atoms with Crippen LogP contribution in [0.2, 0.25) is 4.34 Å². The number of anilines is 1. The van der Waals surface area contributed by atoms with Gasteiger partial charge in [0, 0.05) is 19.6 Å². The SMILES string of the molecule is CN(C)Cc1ccccc1-c1ccc(N2CCC(CNS(=O)(=O)c3ccc(Cl)s3)C2=O)c(F)c1. The van der Waals surface area contributed by atoms with Crippen molar-refractivity contribution in [2.45, 2.75) is 17.2 Å². The highest BCUT2D eigenvalue weighted by atomic mass is 35.5. The highest BCUT2D eigenvalue weighted by Crippen LogP contribution is 2.32. The zero-order valence-corrected chi connectivity index (χ0v) is 21.2.